The molecule has 2 N–H and O–H groups in total. The summed E-state index contributed by atoms with van der Waals surface area (Å²) in [4.78, 5) is 0. The van der Waals surface area contributed by atoms with Gasteiger partial charge in [-0.15, -0.1) is 0 Å². The monoisotopic (exact) mass is 274 g/mol. The molecular weight excluding hydrogens is 263 g/mol. The van der Waals surface area contributed by atoms with Gasteiger partial charge in [-0.25, -0.2) is 0 Å². The van der Waals surface area contributed by atoms with Gasteiger partial charge in [-0.05, 0) is 17.7 Å². The minimum absolute atomic E-state index is 0.337. The molecule has 2 nitrogen and oxygen atoms in total. The van der Waals surface area contributed by atoms with E-state index in [2.05, 4.69) is 32.6 Å². The molecule has 76 valence electrons. The predicted molar refractivity (Wildman–Crippen MR) is 62.8 cm³/mol. The van der Waals surface area contributed by atoms with E-state index in [1.54, 1.807) is 0 Å². The maximum Gasteiger partial charge on any atom is 0.0465 e. The van der Waals surface area contributed by atoms with Crippen LogP contribution < -0.4 is 10.6 Å². The molecule has 1 aromatic rings. The number of halogens is 2. The molecule has 0 saturated carbocycles. The van der Waals surface area contributed by atoms with Crippen LogP contribution in [0.3, 0.4) is 0 Å². The van der Waals surface area contributed by atoms with Gasteiger partial charge in [0, 0.05) is 35.2 Å². The molecule has 1 atom stereocenters. The Balaban J connectivity index is 2.22. The molecule has 0 radical (unpaired) electrons. The smallest absolute Gasteiger partial charge is 0.0465 e. The van der Waals surface area contributed by atoms with Crippen molar-refractivity contribution in [2.45, 2.75) is 6.04 Å². The van der Waals surface area contributed by atoms with E-state index in [-0.39, 0.29) is 0 Å². The first-order chi connectivity index (χ1) is 6.77. The number of benzene rings is 1. The highest BCUT2D eigenvalue weighted by Gasteiger charge is 2.16. The maximum absolute atomic E-state index is 6.17. The summed E-state index contributed by atoms with van der Waals surface area (Å²) < 4.78 is 1.02. The highest BCUT2D eigenvalue weighted by atomic mass is 79.9. The Morgan fingerprint density at radius 3 is 2.86 bits per heavy atom. The van der Waals surface area contributed by atoms with Crippen LogP contribution in [-0.4, -0.2) is 19.6 Å². The van der Waals surface area contributed by atoms with Crippen LogP contribution in [0, 0.1) is 0 Å². The first-order valence-corrected chi connectivity index (χ1v) is 5.83. The molecule has 0 spiro atoms. The van der Waals surface area contributed by atoms with Gasteiger partial charge in [0.1, 0.15) is 0 Å². The summed E-state index contributed by atoms with van der Waals surface area (Å²) in [5, 5.41) is 7.60. The van der Waals surface area contributed by atoms with Crippen LogP contribution in [0.1, 0.15) is 11.6 Å². The molecule has 1 aromatic carbocycles. The molecule has 0 aromatic heterocycles. The molecular formula is C10H12BrClN2. The van der Waals surface area contributed by atoms with Crippen LogP contribution in [-0.2, 0) is 0 Å². The second kappa shape index (κ2) is 4.62. The molecule has 14 heavy (non-hydrogen) atoms. The Kier molecular flexibility index (Phi) is 3.44. The lowest BCUT2D eigenvalue weighted by Crippen LogP contribution is -2.42. The SMILES string of the molecule is Clc1cc(Br)ccc1[C@@H]1CNCCN1. The summed E-state index contributed by atoms with van der Waals surface area (Å²) in [6, 6.07) is 6.37. The molecule has 2 rings (SSSR count). The molecule has 0 amide bonds. The molecule has 1 aliphatic heterocycles. The molecule has 0 aliphatic carbocycles. The molecule has 1 saturated heterocycles. The fraction of sp³-hybridized carbons (Fsp3) is 0.400. The van der Waals surface area contributed by atoms with Crippen molar-refractivity contribution in [2.75, 3.05) is 19.6 Å². The lowest BCUT2D eigenvalue weighted by atomic mass is 10.1. The van der Waals surface area contributed by atoms with Crippen molar-refractivity contribution >= 4 is 27.5 Å². The van der Waals surface area contributed by atoms with Gasteiger partial charge in [-0.3, -0.25) is 0 Å². The second-order valence-electron chi connectivity index (χ2n) is 3.38. The van der Waals surface area contributed by atoms with Crippen molar-refractivity contribution in [2.24, 2.45) is 0 Å². The van der Waals surface area contributed by atoms with E-state index in [0.29, 0.717) is 6.04 Å². The summed E-state index contributed by atoms with van der Waals surface area (Å²) in [5.74, 6) is 0. The van der Waals surface area contributed by atoms with Crippen molar-refractivity contribution in [3.05, 3.63) is 33.3 Å². The van der Waals surface area contributed by atoms with Crippen LogP contribution in [0.5, 0.6) is 0 Å². The van der Waals surface area contributed by atoms with Crippen molar-refractivity contribution in [1.82, 2.24) is 10.6 Å². The van der Waals surface area contributed by atoms with Crippen molar-refractivity contribution < 1.29 is 0 Å². The average Bonchev–Trinajstić information content (AvgIpc) is 2.19. The third kappa shape index (κ3) is 2.28. The fourth-order valence-electron chi connectivity index (χ4n) is 1.66. The molecule has 4 heteroatoms. The van der Waals surface area contributed by atoms with Gasteiger partial charge in [0.2, 0.25) is 0 Å². The van der Waals surface area contributed by atoms with E-state index in [1.165, 1.54) is 5.56 Å². The van der Waals surface area contributed by atoms with E-state index >= 15 is 0 Å². The Labute approximate surface area is 97.2 Å². The summed E-state index contributed by atoms with van der Waals surface area (Å²) in [6.45, 7) is 2.98. The number of nitrogens with one attached hydrogen (secondary N) is 2. The van der Waals surface area contributed by atoms with Crippen LogP contribution >= 0.6 is 27.5 Å². The molecule has 1 heterocycles. The summed E-state index contributed by atoms with van der Waals surface area (Å²) >= 11 is 9.56. The standard InChI is InChI=1S/C10H12BrClN2/c11-7-1-2-8(9(12)5-7)10-6-13-3-4-14-10/h1-2,5,10,13-14H,3-4,6H2/t10-/m0/s1. The quantitative estimate of drug-likeness (QED) is 0.822. The van der Waals surface area contributed by atoms with E-state index in [0.717, 1.165) is 29.1 Å². The van der Waals surface area contributed by atoms with E-state index < -0.39 is 0 Å². The van der Waals surface area contributed by atoms with Crippen LogP contribution in [0.4, 0.5) is 0 Å². The number of hydrogen-bond acceptors (Lipinski definition) is 2. The van der Waals surface area contributed by atoms with Gasteiger partial charge in [0.05, 0.1) is 0 Å². The Morgan fingerprint density at radius 2 is 2.21 bits per heavy atom. The van der Waals surface area contributed by atoms with E-state index in [1.807, 2.05) is 12.1 Å². The largest absolute Gasteiger partial charge is 0.314 e. The van der Waals surface area contributed by atoms with E-state index in [9.17, 15) is 0 Å². The van der Waals surface area contributed by atoms with Crippen molar-refractivity contribution in [3.8, 4) is 0 Å². The zero-order valence-corrected chi connectivity index (χ0v) is 10.0. The highest BCUT2D eigenvalue weighted by molar-refractivity contribution is 9.10. The van der Waals surface area contributed by atoms with E-state index in [4.69, 9.17) is 11.6 Å². The predicted octanol–water partition coefficient (Wildman–Crippen LogP) is 2.34. The third-order valence-corrected chi connectivity index (χ3v) is 3.20. The van der Waals surface area contributed by atoms with Gasteiger partial charge in [-0.1, -0.05) is 33.6 Å². The number of hydrogen-bond donors (Lipinski definition) is 2. The number of rotatable bonds is 1. The second-order valence-corrected chi connectivity index (χ2v) is 4.70. The summed E-state index contributed by atoms with van der Waals surface area (Å²) in [6.07, 6.45) is 0. The highest BCUT2D eigenvalue weighted by Crippen LogP contribution is 2.26. The van der Waals surface area contributed by atoms with Gasteiger partial charge < -0.3 is 10.6 Å². The zero-order valence-electron chi connectivity index (χ0n) is 7.69. The fourth-order valence-corrected chi connectivity index (χ4v) is 2.46. The first kappa shape index (κ1) is 10.4. The van der Waals surface area contributed by atoms with Gasteiger partial charge in [0.25, 0.3) is 0 Å². The third-order valence-electron chi connectivity index (χ3n) is 2.38. The van der Waals surface area contributed by atoms with Gasteiger partial charge >= 0.3 is 0 Å². The summed E-state index contributed by atoms with van der Waals surface area (Å²) in [5.41, 5.74) is 1.17. The van der Waals surface area contributed by atoms with Crippen LogP contribution in [0.2, 0.25) is 5.02 Å². The molecule has 0 unspecified atom stereocenters. The number of piperazine rings is 1. The van der Waals surface area contributed by atoms with Crippen molar-refractivity contribution in [3.63, 3.8) is 0 Å². The van der Waals surface area contributed by atoms with Crippen LogP contribution in [0.25, 0.3) is 0 Å². The average molecular weight is 276 g/mol. The first-order valence-electron chi connectivity index (χ1n) is 4.66. The molecule has 1 fully saturated rings. The van der Waals surface area contributed by atoms with Crippen molar-refractivity contribution in [1.29, 1.82) is 0 Å². The zero-order chi connectivity index (χ0) is 9.97. The summed E-state index contributed by atoms with van der Waals surface area (Å²) in [7, 11) is 0. The minimum Gasteiger partial charge on any atom is -0.314 e. The lowest BCUT2D eigenvalue weighted by molar-refractivity contribution is 0.430. The normalized spacial score (nSPS) is 22.3. The Hall–Kier alpha value is -0.0900. The minimum atomic E-state index is 0.337. The molecule has 0 bridgehead atoms. The maximum atomic E-state index is 6.17. The Morgan fingerprint density at radius 1 is 1.36 bits per heavy atom. The Bertz CT molecular complexity index is 324. The van der Waals surface area contributed by atoms with Gasteiger partial charge in [0.15, 0.2) is 0 Å². The molecule has 1 aliphatic rings. The van der Waals surface area contributed by atoms with Crippen LogP contribution in [0.15, 0.2) is 22.7 Å². The lowest BCUT2D eigenvalue weighted by Gasteiger charge is -2.25. The van der Waals surface area contributed by atoms with Gasteiger partial charge in [-0.2, -0.15) is 0 Å². The topological polar surface area (TPSA) is 24.1 Å².